The first-order valence-corrected chi connectivity index (χ1v) is 7.47. The van der Waals surface area contributed by atoms with Gasteiger partial charge in [-0.2, -0.15) is 0 Å². The maximum atomic E-state index is 12.8. The summed E-state index contributed by atoms with van der Waals surface area (Å²) in [7, 11) is 0. The Morgan fingerprint density at radius 2 is 2.18 bits per heavy atom. The van der Waals surface area contributed by atoms with Crippen molar-refractivity contribution in [2.24, 2.45) is 11.8 Å². The van der Waals surface area contributed by atoms with Gasteiger partial charge in [-0.25, -0.2) is 0 Å². The predicted octanol–water partition coefficient (Wildman–Crippen LogP) is 3.30. The van der Waals surface area contributed by atoms with Gasteiger partial charge in [-0.15, -0.1) is 0 Å². The van der Waals surface area contributed by atoms with Crippen molar-refractivity contribution in [2.75, 3.05) is 6.54 Å². The van der Waals surface area contributed by atoms with Crippen LogP contribution in [-0.2, 0) is 4.79 Å². The van der Waals surface area contributed by atoms with E-state index in [4.69, 9.17) is 0 Å². The van der Waals surface area contributed by atoms with Gasteiger partial charge < -0.3 is 5.32 Å². The molecule has 2 heteroatoms. The number of carbonyl (C=O) groups is 1. The van der Waals surface area contributed by atoms with Crippen molar-refractivity contribution in [3.63, 3.8) is 0 Å². The van der Waals surface area contributed by atoms with E-state index < -0.39 is 0 Å². The molecule has 2 rings (SSSR count). The third-order valence-electron chi connectivity index (χ3n) is 4.70. The second-order valence-corrected chi connectivity index (χ2v) is 6.20. The Bertz CT molecular complexity index is 268. The third-order valence-corrected chi connectivity index (χ3v) is 4.70. The van der Waals surface area contributed by atoms with Gasteiger partial charge in [0.15, 0.2) is 5.78 Å². The minimum absolute atomic E-state index is 0.142. The Kier molecular flexibility index (Phi) is 4.24. The van der Waals surface area contributed by atoms with Gasteiger partial charge in [-0.05, 0) is 44.6 Å². The average Bonchev–Trinajstić information content (AvgIpc) is 2.78. The lowest BCUT2D eigenvalue weighted by molar-refractivity contribution is -0.130. The van der Waals surface area contributed by atoms with Crippen molar-refractivity contribution < 1.29 is 4.79 Å². The van der Waals surface area contributed by atoms with Crippen LogP contribution < -0.4 is 5.32 Å². The lowest BCUT2D eigenvalue weighted by Crippen LogP contribution is -2.51. The molecule has 2 aliphatic rings. The molecule has 1 saturated carbocycles. The second-order valence-electron chi connectivity index (χ2n) is 6.20. The number of ketones is 1. The number of carbonyl (C=O) groups excluding carboxylic acids is 1. The molecular weight excluding hydrogens is 210 g/mol. The maximum Gasteiger partial charge on any atom is 0.155 e. The van der Waals surface area contributed by atoms with Crippen molar-refractivity contribution in [2.45, 2.75) is 70.8 Å². The maximum absolute atomic E-state index is 12.8. The van der Waals surface area contributed by atoms with Gasteiger partial charge in [0.2, 0.25) is 0 Å². The Labute approximate surface area is 106 Å². The number of hydrogen-bond donors (Lipinski definition) is 1. The summed E-state index contributed by atoms with van der Waals surface area (Å²) >= 11 is 0. The standard InChI is InChI=1S/C15H27NO/c1-3-8-15(9-5-10-16-15)14(17)13-7-4-6-12(2)11-13/h12-13,16H,3-11H2,1-2H3. The van der Waals surface area contributed by atoms with Crippen LogP contribution in [0.5, 0.6) is 0 Å². The van der Waals surface area contributed by atoms with Crippen LogP contribution in [0.25, 0.3) is 0 Å². The molecule has 3 unspecified atom stereocenters. The molecule has 0 aromatic rings. The second kappa shape index (κ2) is 5.51. The van der Waals surface area contributed by atoms with E-state index in [1.807, 2.05) is 0 Å². The summed E-state index contributed by atoms with van der Waals surface area (Å²) in [6, 6.07) is 0. The minimum atomic E-state index is -0.142. The Morgan fingerprint density at radius 3 is 2.76 bits per heavy atom. The molecule has 1 heterocycles. The summed E-state index contributed by atoms with van der Waals surface area (Å²) in [4.78, 5) is 12.8. The highest BCUT2D eigenvalue weighted by molar-refractivity contribution is 5.90. The molecule has 98 valence electrons. The molecule has 1 aliphatic heterocycles. The van der Waals surface area contributed by atoms with Gasteiger partial charge in [-0.3, -0.25) is 4.79 Å². The van der Waals surface area contributed by atoms with Crippen LogP contribution in [0.4, 0.5) is 0 Å². The Balaban J connectivity index is 2.05. The fourth-order valence-corrected chi connectivity index (χ4v) is 3.84. The first kappa shape index (κ1) is 13.1. The van der Waals surface area contributed by atoms with Crippen LogP contribution in [0.1, 0.15) is 65.2 Å². The highest BCUT2D eigenvalue weighted by Gasteiger charge is 2.43. The van der Waals surface area contributed by atoms with Crippen LogP contribution >= 0.6 is 0 Å². The summed E-state index contributed by atoms with van der Waals surface area (Å²) in [5.74, 6) is 1.64. The topological polar surface area (TPSA) is 29.1 Å². The summed E-state index contributed by atoms with van der Waals surface area (Å²) in [5.41, 5.74) is -0.142. The molecule has 0 amide bonds. The number of nitrogens with one attached hydrogen (secondary N) is 1. The van der Waals surface area contributed by atoms with Gasteiger partial charge in [-0.1, -0.05) is 33.1 Å². The van der Waals surface area contributed by atoms with Crippen molar-refractivity contribution >= 4 is 5.78 Å². The van der Waals surface area contributed by atoms with E-state index in [1.165, 1.54) is 19.3 Å². The van der Waals surface area contributed by atoms with Gasteiger partial charge in [0.05, 0.1) is 5.54 Å². The van der Waals surface area contributed by atoms with Gasteiger partial charge in [0, 0.05) is 5.92 Å². The smallest absolute Gasteiger partial charge is 0.155 e. The fraction of sp³-hybridized carbons (Fsp3) is 0.933. The normalized spacial score (nSPS) is 38.2. The van der Waals surface area contributed by atoms with Gasteiger partial charge >= 0.3 is 0 Å². The monoisotopic (exact) mass is 237 g/mol. The lowest BCUT2D eigenvalue weighted by Gasteiger charge is -2.35. The zero-order chi connectivity index (χ0) is 12.3. The SMILES string of the molecule is CCCC1(C(=O)C2CCCC(C)C2)CCCN1. The van der Waals surface area contributed by atoms with E-state index in [0.29, 0.717) is 11.7 Å². The first-order chi connectivity index (χ1) is 8.18. The lowest BCUT2D eigenvalue weighted by atomic mass is 9.73. The van der Waals surface area contributed by atoms with Gasteiger partial charge in [0.1, 0.15) is 0 Å². The zero-order valence-electron chi connectivity index (χ0n) is 11.4. The van der Waals surface area contributed by atoms with Crippen LogP contribution in [0.2, 0.25) is 0 Å². The highest BCUT2D eigenvalue weighted by atomic mass is 16.1. The molecule has 1 N–H and O–H groups in total. The highest BCUT2D eigenvalue weighted by Crippen LogP contribution is 2.36. The number of rotatable bonds is 4. The molecular formula is C15H27NO. The molecule has 2 nitrogen and oxygen atoms in total. The van der Waals surface area contributed by atoms with Crippen LogP contribution in [0, 0.1) is 11.8 Å². The molecule has 0 aromatic carbocycles. The van der Waals surface area contributed by atoms with Gasteiger partial charge in [0.25, 0.3) is 0 Å². The van der Waals surface area contributed by atoms with Crippen LogP contribution in [0.15, 0.2) is 0 Å². The van der Waals surface area contributed by atoms with E-state index >= 15 is 0 Å². The molecule has 3 atom stereocenters. The summed E-state index contributed by atoms with van der Waals surface area (Å²) in [6.45, 7) is 5.53. The summed E-state index contributed by atoms with van der Waals surface area (Å²) < 4.78 is 0. The van der Waals surface area contributed by atoms with E-state index in [9.17, 15) is 4.79 Å². The predicted molar refractivity (Wildman–Crippen MR) is 71.0 cm³/mol. The molecule has 17 heavy (non-hydrogen) atoms. The van der Waals surface area contributed by atoms with E-state index in [0.717, 1.165) is 44.6 Å². The fourth-order valence-electron chi connectivity index (χ4n) is 3.84. The van der Waals surface area contributed by atoms with Crippen molar-refractivity contribution in [1.82, 2.24) is 5.32 Å². The third kappa shape index (κ3) is 2.73. The van der Waals surface area contributed by atoms with Crippen molar-refractivity contribution in [3.05, 3.63) is 0 Å². The van der Waals surface area contributed by atoms with Crippen molar-refractivity contribution in [3.8, 4) is 0 Å². The quantitative estimate of drug-likeness (QED) is 0.813. The Morgan fingerprint density at radius 1 is 1.35 bits per heavy atom. The summed E-state index contributed by atoms with van der Waals surface area (Å²) in [5, 5.41) is 3.53. The molecule has 0 spiro atoms. The molecule has 1 aliphatic carbocycles. The number of hydrogen-bond acceptors (Lipinski definition) is 2. The largest absolute Gasteiger partial charge is 0.305 e. The average molecular weight is 237 g/mol. The molecule has 1 saturated heterocycles. The van der Waals surface area contributed by atoms with Crippen molar-refractivity contribution in [1.29, 1.82) is 0 Å². The zero-order valence-corrected chi connectivity index (χ0v) is 11.4. The molecule has 0 radical (unpaired) electrons. The Hall–Kier alpha value is -0.370. The molecule has 2 fully saturated rings. The first-order valence-electron chi connectivity index (χ1n) is 7.47. The molecule has 0 aromatic heterocycles. The van der Waals surface area contributed by atoms with E-state index in [-0.39, 0.29) is 5.54 Å². The van der Waals surface area contributed by atoms with E-state index in [2.05, 4.69) is 19.2 Å². The van der Waals surface area contributed by atoms with E-state index in [1.54, 1.807) is 0 Å². The molecule has 0 bridgehead atoms. The van der Waals surface area contributed by atoms with Crippen LogP contribution in [-0.4, -0.2) is 17.9 Å². The number of Topliss-reactive ketones (excluding diaryl/α,β-unsaturated/α-hetero) is 1. The minimum Gasteiger partial charge on any atom is -0.305 e. The summed E-state index contributed by atoms with van der Waals surface area (Å²) in [6.07, 6.45) is 9.23. The van der Waals surface area contributed by atoms with Crippen LogP contribution in [0.3, 0.4) is 0 Å².